The van der Waals surface area contributed by atoms with Gasteiger partial charge in [-0.05, 0) is 31.4 Å². The molecule has 0 spiro atoms. The fraction of sp³-hybridized carbons (Fsp3) is 0.450. The zero-order chi connectivity index (χ0) is 21.7. The Morgan fingerprint density at radius 1 is 1.37 bits per heavy atom. The molecule has 0 bridgehead atoms. The summed E-state index contributed by atoms with van der Waals surface area (Å²) in [5, 5.41) is 17.3. The van der Waals surface area contributed by atoms with Gasteiger partial charge < -0.3 is 15.5 Å². The Morgan fingerprint density at radius 3 is 2.87 bits per heavy atom. The lowest BCUT2D eigenvalue weighted by atomic mass is 10.2. The minimum atomic E-state index is -0.524. The van der Waals surface area contributed by atoms with Gasteiger partial charge in [0.25, 0.3) is 5.69 Å². The third-order valence-electron chi connectivity index (χ3n) is 4.87. The Balaban J connectivity index is 1.85. The molecule has 2 aromatic rings. The molecule has 1 aromatic carbocycles. The van der Waals surface area contributed by atoms with Crippen molar-refractivity contribution in [3.63, 3.8) is 0 Å². The molecule has 0 radical (unpaired) electrons. The first-order valence-corrected chi connectivity index (χ1v) is 10.3. The first kappa shape index (κ1) is 21.8. The second-order valence-corrected chi connectivity index (χ2v) is 7.73. The van der Waals surface area contributed by atoms with Crippen LogP contribution in [0.25, 0.3) is 0 Å². The van der Waals surface area contributed by atoms with E-state index in [9.17, 15) is 14.9 Å². The Kier molecular flexibility index (Phi) is 7.04. The van der Waals surface area contributed by atoms with Crippen LogP contribution in [0, 0.1) is 10.1 Å². The minimum absolute atomic E-state index is 0.0418. The molecule has 0 saturated carbocycles. The number of aryl methyl sites for hydroxylation is 1. The zero-order valence-electron chi connectivity index (χ0n) is 17.0. The standard InChI is InChI=1S/C20H25ClN6O3/c1-3-4-5-14-11-19(26-9-8-16(12-26)22-13(2)28)25-20(23-14)24-15-6-7-17(21)18(10-15)27(29)30/h6-7,10-11,16H,3-5,8-9,12H2,1-2H3,(H,22,28)(H,23,24,25). The predicted molar refractivity (Wildman–Crippen MR) is 116 cm³/mol. The number of nitro benzene ring substituents is 1. The molecule has 10 heteroatoms. The lowest BCUT2D eigenvalue weighted by molar-refractivity contribution is -0.384. The molecular formula is C20H25ClN6O3. The van der Waals surface area contributed by atoms with Gasteiger partial charge in [-0.25, -0.2) is 4.98 Å². The van der Waals surface area contributed by atoms with Gasteiger partial charge in [0, 0.05) is 49.6 Å². The van der Waals surface area contributed by atoms with Crippen molar-refractivity contribution in [1.82, 2.24) is 15.3 Å². The van der Waals surface area contributed by atoms with Gasteiger partial charge in [0.2, 0.25) is 11.9 Å². The van der Waals surface area contributed by atoms with Gasteiger partial charge >= 0.3 is 0 Å². The Hall–Kier alpha value is -2.94. The van der Waals surface area contributed by atoms with Crippen LogP contribution in [0.1, 0.15) is 38.8 Å². The van der Waals surface area contributed by atoms with E-state index in [-0.39, 0.29) is 22.7 Å². The van der Waals surface area contributed by atoms with Crippen LogP contribution in [-0.2, 0) is 11.2 Å². The van der Waals surface area contributed by atoms with E-state index >= 15 is 0 Å². The molecule has 3 rings (SSSR count). The number of benzene rings is 1. The molecule has 1 amide bonds. The van der Waals surface area contributed by atoms with E-state index in [1.54, 1.807) is 6.07 Å². The highest BCUT2D eigenvalue weighted by Gasteiger charge is 2.25. The highest BCUT2D eigenvalue weighted by atomic mass is 35.5. The second-order valence-electron chi connectivity index (χ2n) is 7.33. The van der Waals surface area contributed by atoms with E-state index in [1.807, 2.05) is 6.07 Å². The number of unbranched alkanes of at least 4 members (excludes halogenated alkanes) is 1. The number of hydrogen-bond acceptors (Lipinski definition) is 7. The fourth-order valence-electron chi connectivity index (χ4n) is 3.42. The number of halogens is 1. The summed E-state index contributed by atoms with van der Waals surface area (Å²) < 4.78 is 0. The summed E-state index contributed by atoms with van der Waals surface area (Å²) in [5.41, 5.74) is 1.21. The Bertz CT molecular complexity index is 939. The number of anilines is 3. The second kappa shape index (κ2) is 9.71. The normalized spacial score (nSPS) is 15.8. The summed E-state index contributed by atoms with van der Waals surface area (Å²) >= 11 is 5.90. The molecule has 1 saturated heterocycles. The van der Waals surface area contributed by atoms with Gasteiger partial charge in [-0.3, -0.25) is 14.9 Å². The largest absolute Gasteiger partial charge is 0.354 e. The van der Waals surface area contributed by atoms with Gasteiger partial charge in [0.15, 0.2) is 0 Å². The predicted octanol–water partition coefficient (Wildman–Crippen LogP) is 3.84. The highest BCUT2D eigenvalue weighted by Crippen LogP contribution is 2.29. The number of amides is 1. The average Bonchev–Trinajstić information content (AvgIpc) is 3.15. The molecule has 0 aliphatic carbocycles. The molecule has 2 heterocycles. The molecule has 1 aromatic heterocycles. The third-order valence-corrected chi connectivity index (χ3v) is 5.19. The average molecular weight is 433 g/mol. The minimum Gasteiger partial charge on any atom is -0.354 e. The maximum absolute atomic E-state index is 11.3. The van der Waals surface area contributed by atoms with E-state index in [1.165, 1.54) is 19.1 Å². The van der Waals surface area contributed by atoms with Gasteiger partial charge in [-0.15, -0.1) is 0 Å². The number of nitro groups is 1. The molecule has 1 aliphatic heterocycles. The molecule has 1 fully saturated rings. The molecule has 30 heavy (non-hydrogen) atoms. The van der Waals surface area contributed by atoms with Crippen molar-refractivity contribution in [1.29, 1.82) is 0 Å². The maximum atomic E-state index is 11.3. The zero-order valence-corrected chi connectivity index (χ0v) is 17.8. The van der Waals surface area contributed by atoms with Crippen LogP contribution >= 0.6 is 11.6 Å². The summed E-state index contributed by atoms with van der Waals surface area (Å²) in [6, 6.07) is 6.56. The molecule has 2 N–H and O–H groups in total. The SMILES string of the molecule is CCCCc1cc(N2CCC(NC(C)=O)C2)nc(Nc2ccc(Cl)c([N+](=O)[O-])c2)n1. The smallest absolute Gasteiger partial charge is 0.289 e. The summed E-state index contributed by atoms with van der Waals surface area (Å²) in [4.78, 5) is 33.3. The van der Waals surface area contributed by atoms with Crippen LogP contribution in [-0.4, -0.2) is 39.9 Å². The van der Waals surface area contributed by atoms with Gasteiger partial charge in [-0.2, -0.15) is 4.98 Å². The van der Waals surface area contributed by atoms with Crippen molar-refractivity contribution in [3.05, 3.63) is 45.1 Å². The highest BCUT2D eigenvalue weighted by molar-refractivity contribution is 6.32. The molecule has 1 aliphatic rings. The van der Waals surface area contributed by atoms with Gasteiger partial charge in [-0.1, -0.05) is 24.9 Å². The van der Waals surface area contributed by atoms with Crippen LogP contribution in [0.2, 0.25) is 5.02 Å². The third kappa shape index (κ3) is 5.56. The fourth-order valence-corrected chi connectivity index (χ4v) is 3.61. The van der Waals surface area contributed by atoms with Crippen LogP contribution < -0.4 is 15.5 Å². The van der Waals surface area contributed by atoms with Crippen molar-refractivity contribution in [2.45, 2.75) is 45.6 Å². The van der Waals surface area contributed by atoms with E-state index in [4.69, 9.17) is 11.6 Å². The Morgan fingerprint density at radius 2 is 2.17 bits per heavy atom. The van der Waals surface area contributed by atoms with E-state index in [0.29, 0.717) is 18.2 Å². The van der Waals surface area contributed by atoms with Gasteiger partial charge in [0.05, 0.1) is 4.92 Å². The summed E-state index contributed by atoms with van der Waals surface area (Å²) in [6.07, 6.45) is 3.70. The van der Waals surface area contributed by atoms with Crippen LogP contribution in [0.3, 0.4) is 0 Å². The van der Waals surface area contributed by atoms with Gasteiger partial charge in [0.1, 0.15) is 10.8 Å². The van der Waals surface area contributed by atoms with Crippen molar-refractivity contribution in [3.8, 4) is 0 Å². The molecule has 160 valence electrons. The number of nitrogens with one attached hydrogen (secondary N) is 2. The summed E-state index contributed by atoms with van der Waals surface area (Å²) in [7, 11) is 0. The Labute approximate surface area is 180 Å². The van der Waals surface area contributed by atoms with Crippen molar-refractivity contribution < 1.29 is 9.72 Å². The molecule has 1 unspecified atom stereocenters. The summed E-state index contributed by atoms with van der Waals surface area (Å²) in [5.74, 6) is 1.10. The molecule has 1 atom stereocenters. The molecule has 9 nitrogen and oxygen atoms in total. The van der Waals surface area contributed by atoms with Crippen LogP contribution in [0.4, 0.5) is 23.1 Å². The van der Waals surface area contributed by atoms with E-state index in [2.05, 4.69) is 32.4 Å². The monoisotopic (exact) mass is 432 g/mol. The lowest BCUT2D eigenvalue weighted by Gasteiger charge is -2.19. The quantitative estimate of drug-likeness (QED) is 0.481. The summed E-state index contributed by atoms with van der Waals surface area (Å²) in [6.45, 7) is 5.09. The number of carbonyl (C=O) groups is 1. The maximum Gasteiger partial charge on any atom is 0.289 e. The first-order chi connectivity index (χ1) is 14.4. The number of rotatable bonds is 8. The number of aromatic nitrogens is 2. The first-order valence-electron chi connectivity index (χ1n) is 9.96. The van der Waals surface area contributed by atoms with E-state index < -0.39 is 4.92 Å². The number of carbonyl (C=O) groups excluding carboxylic acids is 1. The number of nitrogens with zero attached hydrogens (tertiary/aromatic N) is 4. The number of hydrogen-bond donors (Lipinski definition) is 2. The van der Waals surface area contributed by atoms with Crippen molar-refractivity contribution in [2.24, 2.45) is 0 Å². The van der Waals surface area contributed by atoms with Crippen LogP contribution in [0.15, 0.2) is 24.3 Å². The molecular weight excluding hydrogens is 408 g/mol. The van der Waals surface area contributed by atoms with Crippen LogP contribution in [0.5, 0.6) is 0 Å². The lowest BCUT2D eigenvalue weighted by Crippen LogP contribution is -2.35. The van der Waals surface area contributed by atoms with E-state index in [0.717, 1.165) is 43.7 Å². The van der Waals surface area contributed by atoms with Crippen molar-refractivity contribution >= 4 is 40.6 Å². The topological polar surface area (TPSA) is 113 Å². The van der Waals surface area contributed by atoms with Crippen molar-refractivity contribution in [2.75, 3.05) is 23.3 Å².